The summed E-state index contributed by atoms with van der Waals surface area (Å²) in [5, 5.41) is 27.9. The van der Waals surface area contributed by atoms with Gasteiger partial charge in [0.25, 0.3) is 0 Å². The number of hydrogen-bond acceptors (Lipinski definition) is 6. The van der Waals surface area contributed by atoms with Crippen LogP contribution in [0.2, 0.25) is 0 Å². The highest BCUT2D eigenvalue weighted by Gasteiger charge is 2.35. The van der Waals surface area contributed by atoms with Gasteiger partial charge in [0.2, 0.25) is 5.78 Å². The number of allylic oxidation sites excluding steroid dienone is 1. The molecule has 3 heterocycles. The van der Waals surface area contributed by atoms with E-state index in [0.29, 0.717) is 48.7 Å². The number of hydrogen-bond donors (Lipinski definition) is 3. The molecule has 0 aliphatic carbocycles. The lowest BCUT2D eigenvalue weighted by Gasteiger charge is -2.37. The van der Waals surface area contributed by atoms with E-state index in [1.54, 1.807) is 12.1 Å². The minimum atomic E-state index is -0.935. The normalized spacial score (nSPS) is 18.7. The molecule has 0 spiro atoms. The van der Waals surface area contributed by atoms with E-state index < -0.39 is 6.09 Å². The molecule has 1 amide bonds. The molecule has 5 rings (SSSR count). The summed E-state index contributed by atoms with van der Waals surface area (Å²) in [7, 11) is 0. The van der Waals surface area contributed by atoms with Crippen LogP contribution in [0.1, 0.15) is 34.6 Å². The fraction of sp³-hybridized carbons (Fsp3) is 0.261. The zero-order valence-corrected chi connectivity index (χ0v) is 17.4. The minimum absolute atomic E-state index is 0.0381. The van der Waals surface area contributed by atoms with Crippen LogP contribution in [0, 0.1) is 0 Å². The first-order chi connectivity index (χ1) is 15.4. The molecule has 1 saturated heterocycles. The molecular weight excluding hydrogens is 412 g/mol. The first-order valence-electron chi connectivity index (χ1n) is 10.4. The maximum absolute atomic E-state index is 13.0. The van der Waals surface area contributed by atoms with Gasteiger partial charge in [-0.15, -0.1) is 0 Å². The van der Waals surface area contributed by atoms with Crippen LogP contribution in [-0.4, -0.2) is 68.3 Å². The molecule has 0 saturated carbocycles. The molecule has 1 unspecified atom stereocenters. The fourth-order valence-electron chi connectivity index (χ4n) is 4.37. The lowest BCUT2D eigenvalue weighted by Crippen LogP contribution is -2.48. The van der Waals surface area contributed by atoms with Gasteiger partial charge in [-0.05, 0) is 25.1 Å². The van der Waals surface area contributed by atoms with Crippen LogP contribution in [0.3, 0.4) is 0 Å². The Labute approximate surface area is 183 Å². The lowest BCUT2D eigenvalue weighted by molar-refractivity contribution is 0.0877. The first-order valence-corrected chi connectivity index (χ1v) is 10.4. The van der Waals surface area contributed by atoms with Gasteiger partial charge in [-0.25, -0.2) is 4.79 Å². The Hall–Kier alpha value is -3.85. The van der Waals surface area contributed by atoms with E-state index in [1.807, 2.05) is 31.2 Å². The number of piperazine rings is 1. The number of para-hydroxylation sites is 1. The minimum Gasteiger partial charge on any atom is -0.507 e. The topological polar surface area (TPSA) is 119 Å². The molecule has 2 aromatic carbocycles. The van der Waals surface area contributed by atoms with Crippen molar-refractivity contribution < 1.29 is 24.5 Å². The number of aromatic amines is 1. The zero-order valence-electron chi connectivity index (χ0n) is 17.4. The number of nitrogens with one attached hydrogen (secondary N) is 1. The van der Waals surface area contributed by atoms with E-state index in [1.165, 1.54) is 11.0 Å². The van der Waals surface area contributed by atoms with Crippen molar-refractivity contribution in [3.63, 3.8) is 0 Å². The molecule has 1 atom stereocenters. The highest BCUT2D eigenvalue weighted by molar-refractivity contribution is 6.15. The molecule has 1 fully saturated rings. The fourth-order valence-corrected chi connectivity index (χ4v) is 4.37. The van der Waals surface area contributed by atoms with E-state index in [-0.39, 0.29) is 23.3 Å². The van der Waals surface area contributed by atoms with E-state index in [2.05, 4.69) is 15.1 Å². The van der Waals surface area contributed by atoms with Crippen molar-refractivity contribution in [3.05, 3.63) is 59.0 Å². The Morgan fingerprint density at radius 1 is 1.19 bits per heavy atom. The Morgan fingerprint density at radius 2 is 1.94 bits per heavy atom. The summed E-state index contributed by atoms with van der Waals surface area (Å²) in [5.41, 5.74) is 2.37. The maximum Gasteiger partial charge on any atom is 0.407 e. The number of aromatic hydroxyl groups is 1. The molecule has 9 heteroatoms. The highest BCUT2D eigenvalue weighted by atomic mass is 16.5. The molecule has 1 aromatic heterocycles. The summed E-state index contributed by atoms with van der Waals surface area (Å²) in [6.45, 7) is 3.72. The third-order valence-corrected chi connectivity index (χ3v) is 6.17. The number of rotatable bonds is 3. The molecule has 32 heavy (non-hydrogen) atoms. The van der Waals surface area contributed by atoms with Crippen molar-refractivity contribution in [2.75, 3.05) is 26.2 Å². The van der Waals surface area contributed by atoms with Gasteiger partial charge in [-0.2, -0.15) is 5.10 Å². The van der Waals surface area contributed by atoms with Crippen molar-refractivity contribution >= 4 is 28.9 Å². The number of H-pyrrole nitrogens is 1. The number of fused-ring (bicyclic) bond motifs is 2. The standard InChI is InChI=1S/C23H22N4O5/c1-13(26-8-10-27(11-9-26)23(30)31)20-18(28)7-6-15-21(29)19(32-22(15)20)12-17-14-4-2-3-5-16(14)24-25-17/h2-7,12-13,28H,8-11H2,1H3,(H,24,25)(H,30,31)/b19-12-. The summed E-state index contributed by atoms with van der Waals surface area (Å²) in [6, 6.07) is 10.4. The van der Waals surface area contributed by atoms with Crippen LogP contribution in [-0.2, 0) is 0 Å². The second kappa shape index (κ2) is 7.69. The number of aromatic nitrogens is 2. The van der Waals surface area contributed by atoms with Crippen LogP contribution in [0.5, 0.6) is 11.5 Å². The predicted molar refractivity (Wildman–Crippen MR) is 117 cm³/mol. The molecule has 164 valence electrons. The van der Waals surface area contributed by atoms with Crippen molar-refractivity contribution in [1.29, 1.82) is 0 Å². The van der Waals surface area contributed by atoms with Gasteiger partial charge in [0.05, 0.1) is 22.3 Å². The smallest absolute Gasteiger partial charge is 0.407 e. The van der Waals surface area contributed by atoms with Crippen molar-refractivity contribution in [1.82, 2.24) is 20.0 Å². The van der Waals surface area contributed by atoms with Crippen LogP contribution < -0.4 is 4.74 Å². The van der Waals surface area contributed by atoms with E-state index in [0.717, 1.165) is 10.9 Å². The number of Topliss-reactive ketones (excluding diaryl/α,β-unsaturated/α-hetero) is 1. The molecule has 3 N–H and O–H groups in total. The van der Waals surface area contributed by atoms with E-state index in [9.17, 15) is 19.8 Å². The Morgan fingerprint density at radius 3 is 2.69 bits per heavy atom. The van der Waals surface area contributed by atoms with Crippen LogP contribution in [0.4, 0.5) is 4.79 Å². The number of ether oxygens (including phenoxy) is 1. The summed E-state index contributed by atoms with van der Waals surface area (Å²) in [6.07, 6.45) is 0.675. The largest absolute Gasteiger partial charge is 0.507 e. The molecular formula is C23H22N4O5. The summed E-state index contributed by atoms with van der Waals surface area (Å²) >= 11 is 0. The van der Waals surface area contributed by atoms with Crippen LogP contribution in [0.15, 0.2) is 42.2 Å². The van der Waals surface area contributed by atoms with Gasteiger partial charge >= 0.3 is 6.09 Å². The maximum atomic E-state index is 13.0. The molecule has 2 aliphatic heterocycles. The second-order valence-electron chi connectivity index (χ2n) is 7.95. The molecule has 9 nitrogen and oxygen atoms in total. The molecule has 2 aliphatic rings. The third-order valence-electron chi connectivity index (χ3n) is 6.17. The molecule has 3 aromatic rings. The van der Waals surface area contributed by atoms with Crippen molar-refractivity contribution in [2.45, 2.75) is 13.0 Å². The van der Waals surface area contributed by atoms with Gasteiger partial charge in [-0.3, -0.25) is 14.8 Å². The van der Waals surface area contributed by atoms with Gasteiger partial charge in [-0.1, -0.05) is 18.2 Å². The highest BCUT2D eigenvalue weighted by Crippen LogP contribution is 2.44. The number of nitrogens with zero attached hydrogens (tertiary/aromatic N) is 3. The third kappa shape index (κ3) is 3.27. The number of carbonyl (C=O) groups excluding carboxylic acids is 1. The molecule has 0 bridgehead atoms. The number of ketones is 1. The van der Waals surface area contributed by atoms with Crippen molar-refractivity contribution in [3.8, 4) is 11.5 Å². The first kappa shape index (κ1) is 20.1. The summed E-state index contributed by atoms with van der Waals surface area (Å²) < 4.78 is 5.99. The van der Waals surface area contributed by atoms with Crippen LogP contribution >= 0.6 is 0 Å². The number of benzene rings is 2. The Balaban J connectivity index is 1.46. The lowest BCUT2D eigenvalue weighted by atomic mass is 9.99. The van der Waals surface area contributed by atoms with E-state index >= 15 is 0 Å². The summed E-state index contributed by atoms with van der Waals surface area (Å²) in [4.78, 5) is 27.7. The van der Waals surface area contributed by atoms with Gasteiger partial charge in [0, 0.05) is 43.7 Å². The van der Waals surface area contributed by atoms with Gasteiger partial charge in [0.1, 0.15) is 11.5 Å². The summed E-state index contributed by atoms with van der Waals surface area (Å²) in [5.74, 6) is 0.258. The number of carboxylic acid groups (broad SMARTS) is 1. The van der Waals surface area contributed by atoms with E-state index in [4.69, 9.17) is 4.74 Å². The van der Waals surface area contributed by atoms with Crippen molar-refractivity contribution in [2.24, 2.45) is 0 Å². The predicted octanol–water partition coefficient (Wildman–Crippen LogP) is 3.24. The quantitative estimate of drug-likeness (QED) is 0.542. The van der Waals surface area contributed by atoms with Crippen LogP contribution in [0.25, 0.3) is 17.0 Å². The number of amides is 1. The number of carbonyl (C=O) groups is 2. The number of phenols is 1. The zero-order chi connectivity index (χ0) is 22.4. The Bertz CT molecular complexity index is 1260. The van der Waals surface area contributed by atoms with Gasteiger partial charge in [0.15, 0.2) is 5.76 Å². The second-order valence-corrected chi connectivity index (χ2v) is 7.95. The number of phenolic OH excluding ortho intramolecular Hbond substituents is 1. The SMILES string of the molecule is CC(c1c(O)ccc2c1O/C(=C\c1n[nH]c3ccccc13)C2=O)N1CCN(C(=O)O)CC1. The van der Waals surface area contributed by atoms with Gasteiger partial charge < -0.3 is 19.8 Å². The molecule has 0 radical (unpaired) electrons. The monoisotopic (exact) mass is 434 g/mol. The Kier molecular flexibility index (Phi) is 4.82. The average molecular weight is 434 g/mol. The average Bonchev–Trinajstić information content (AvgIpc) is 3.34.